The van der Waals surface area contributed by atoms with Crippen molar-refractivity contribution < 1.29 is 18.0 Å². The quantitative estimate of drug-likeness (QED) is 0.549. The molecule has 0 aliphatic carbocycles. The number of aromatic nitrogens is 2. The van der Waals surface area contributed by atoms with Gasteiger partial charge in [-0.1, -0.05) is 34.1 Å². The lowest BCUT2D eigenvalue weighted by Gasteiger charge is -2.18. The van der Waals surface area contributed by atoms with Crippen LogP contribution in [0.15, 0.2) is 63.9 Å². The topological polar surface area (TPSA) is 55.2 Å². The van der Waals surface area contributed by atoms with E-state index < -0.39 is 23.1 Å². The van der Waals surface area contributed by atoms with Gasteiger partial charge in [0.1, 0.15) is 0 Å². The molecule has 0 aliphatic heterocycles. The maximum Gasteiger partial charge on any atom is 0.416 e. The van der Waals surface area contributed by atoms with Crippen LogP contribution in [0.5, 0.6) is 0 Å². The SMILES string of the molecule is Cc1cc(=O)c(C(=O)N(C)Cc2ccc(Br)cc2)nn1-c1cccc(C(F)(F)F)c1. The van der Waals surface area contributed by atoms with E-state index in [4.69, 9.17) is 0 Å². The maximum absolute atomic E-state index is 13.1. The van der Waals surface area contributed by atoms with Gasteiger partial charge in [-0.15, -0.1) is 0 Å². The summed E-state index contributed by atoms with van der Waals surface area (Å²) in [6, 6.07) is 13.1. The molecule has 30 heavy (non-hydrogen) atoms. The van der Waals surface area contributed by atoms with E-state index in [0.29, 0.717) is 5.69 Å². The number of rotatable bonds is 4. The molecular weight excluding hydrogens is 463 g/mol. The molecule has 5 nitrogen and oxygen atoms in total. The normalized spacial score (nSPS) is 11.4. The third-order valence-electron chi connectivity index (χ3n) is 4.41. The summed E-state index contributed by atoms with van der Waals surface area (Å²) in [6.45, 7) is 1.78. The highest BCUT2D eigenvalue weighted by Gasteiger charge is 2.30. The number of alkyl halides is 3. The first-order chi connectivity index (χ1) is 14.1. The number of benzene rings is 2. The second-order valence-corrected chi connectivity index (χ2v) is 7.66. The third kappa shape index (κ3) is 4.79. The van der Waals surface area contributed by atoms with Gasteiger partial charge in [-0.25, -0.2) is 4.68 Å². The first kappa shape index (κ1) is 21.8. The van der Waals surface area contributed by atoms with Crippen LogP contribution in [-0.4, -0.2) is 27.6 Å². The van der Waals surface area contributed by atoms with Crippen molar-refractivity contribution in [3.05, 3.63) is 91.8 Å². The Bertz CT molecular complexity index is 1140. The zero-order chi connectivity index (χ0) is 22.1. The fourth-order valence-electron chi connectivity index (χ4n) is 2.89. The van der Waals surface area contributed by atoms with Gasteiger partial charge in [0, 0.05) is 29.8 Å². The van der Waals surface area contributed by atoms with E-state index in [2.05, 4.69) is 21.0 Å². The molecule has 0 saturated heterocycles. The largest absolute Gasteiger partial charge is 0.416 e. The molecule has 0 atom stereocenters. The standard InChI is InChI=1S/C21H17BrF3N3O2/c1-13-10-18(29)19(20(30)27(2)12-14-6-8-16(22)9-7-14)26-28(13)17-5-3-4-15(11-17)21(23,24)25/h3-11H,12H2,1-2H3. The van der Waals surface area contributed by atoms with Crippen molar-refractivity contribution in [3.8, 4) is 5.69 Å². The van der Waals surface area contributed by atoms with Crippen LogP contribution in [0.2, 0.25) is 0 Å². The Morgan fingerprint density at radius 1 is 1.13 bits per heavy atom. The predicted molar refractivity (Wildman–Crippen MR) is 110 cm³/mol. The van der Waals surface area contributed by atoms with Crippen molar-refractivity contribution in [3.63, 3.8) is 0 Å². The summed E-state index contributed by atoms with van der Waals surface area (Å²) in [5.74, 6) is -0.622. The number of carbonyl (C=O) groups excluding carboxylic acids is 1. The van der Waals surface area contributed by atoms with E-state index in [1.807, 2.05) is 24.3 Å². The maximum atomic E-state index is 13.1. The molecule has 0 aliphatic rings. The lowest BCUT2D eigenvalue weighted by atomic mass is 10.2. The van der Waals surface area contributed by atoms with Crippen LogP contribution in [0.25, 0.3) is 5.69 Å². The highest BCUT2D eigenvalue weighted by atomic mass is 79.9. The van der Waals surface area contributed by atoms with Gasteiger partial charge >= 0.3 is 6.18 Å². The Balaban J connectivity index is 1.96. The zero-order valence-electron chi connectivity index (χ0n) is 16.1. The lowest BCUT2D eigenvalue weighted by molar-refractivity contribution is -0.137. The molecule has 0 spiro atoms. The minimum absolute atomic E-state index is 0.104. The average molecular weight is 480 g/mol. The van der Waals surface area contributed by atoms with Crippen molar-refractivity contribution in [2.24, 2.45) is 0 Å². The fourth-order valence-corrected chi connectivity index (χ4v) is 3.15. The van der Waals surface area contributed by atoms with E-state index in [9.17, 15) is 22.8 Å². The van der Waals surface area contributed by atoms with Crippen molar-refractivity contribution in [2.75, 3.05) is 7.05 Å². The third-order valence-corrected chi connectivity index (χ3v) is 4.94. The van der Waals surface area contributed by atoms with Crippen LogP contribution in [0.1, 0.15) is 27.3 Å². The predicted octanol–water partition coefficient (Wildman–Crippen LogP) is 4.59. The summed E-state index contributed by atoms with van der Waals surface area (Å²) < 4.78 is 41.2. The molecule has 156 valence electrons. The molecule has 1 heterocycles. The van der Waals surface area contributed by atoms with Gasteiger partial charge in [0.2, 0.25) is 5.43 Å². The highest BCUT2D eigenvalue weighted by molar-refractivity contribution is 9.10. The molecule has 0 fully saturated rings. The van der Waals surface area contributed by atoms with Gasteiger partial charge in [-0.05, 0) is 42.8 Å². The number of hydrogen-bond donors (Lipinski definition) is 0. The Morgan fingerprint density at radius 2 is 1.80 bits per heavy atom. The minimum atomic E-state index is -4.52. The number of aryl methyl sites for hydroxylation is 1. The van der Waals surface area contributed by atoms with Gasteiger partial charge in [0.15, 0.2) is 5.69 Å². The second-order valence-electron chi connectivity index (χ2n) is 6.75. The highest BCUT2D eigenvalue weighted by Crippen LogP contribution is 2.30. The van der Waals surface area contributed by atoms with Crippen LogP contribution in [0.3, 0.4) is 0 Å². The number of amides is 1. The monoisotopic (exact) mass is 479 g/mol. The van der Waals surface area contributed by atoms with E-state index >= 15 is 0 Å². The summed E-state index contributed by atoms with van der Waals surface area (Å²) in [7, 11) is 1.53. The molecule has 3 rings (SSSR count). The van der Waals surface area contributed by atoms with Gasteiger partial charge in [-0.2, -0.15) is 18.3 Å². The molecular formula is C21H17BrF3N3O2. The summed E-state index contributed by atoms with van der Waals surface area (Å²) in [4.78, 5) is 26.5. The van der Waals surface area contributed by atoms with Crippen LogP contribution in [-0.2, 0) is 12.7 Å². The summed E-state index contributed by atoms with van der Waals surface area (Å²) in [6.07, 6.45) is -4.52. The Hall–Kier alpha value is -2.94. The summed E-state index contributed by atoms with van der Waals surface area (Å²) >= 11 is 3.34. The van der Waals surface area contributed by atoms with Gasteiger partial charge < -0.3 is 4.90 Å². The van der Waals surface area contributed by atoms with Crippen LogP contribution in [0.4, 0.5) is 13.2 Å². The molecule has 9 heteroatoms. The Morgan fingerprint density at radius 3 is 2.43 bits per heavy atom. The molecule has 0 N–H and O–H groups in total. The molecule has 1 amide bonds. The molecule has 2 aromatic carbocycles. The number of halogens is 4. The zero-order valence-corrected chi connectivity index (χ0v) is 17.7. The summed E-state index contributed by atoms with van der Waals surface area (Å²) in [5.41, 5.74) is -0.543. The smallest absolute Gasteiger partial charge is 0.336 e. The lowest BCUT2D eigenvalue weighted by Crippen LogP contribution is -2.33. The molecule has 0 saturated carbocycles. The Labute approximate surface area is 178 Å². The second kappa shape index (κ2) is 8.43. The van der Waals surface area contributed by atoms with Crippen molar-refractivity contribution in [2.45, 2.75) is 19.6 Å². The van der Waals surface area contributed by atoms with Crippen molar-refractivity contribution in [1.82, 2.24) is 14.7 Å². The summed E-state index contributed by atoms with van der Waals surface area (Å²) in [5, 5.41) is 4.08. The number of nitrogens with zero attached hydrogens (tertiary/aromatic N) is 3. The van der Waals surface area contributed by atoms with E-state index in [-0.39, 0.29) is 17.9 Å². The first-order valence-corrected chi connectivity index (χ1v) is 9.64. The minimum Gasteiger partial charge on any atom is -0.336 e. The molecule has 1 aromatic heterocycles. The van der Waals surface area contributed by atoms with E-state index in [0.717, 1.165) is 26.9 Å². The van der Waals surface area contributed by atoms with Gasteiger partial charge in [0.05, 0.1) is 11.3 Å². The first-order valence-electron chi connectivity index (χ1n) is 8.85. The van der Waals surface area contributed by atoms with Crippen molar-refractivity contribution >= 4 is 21.8 Å². The van der Waals surface area contributed by atoms with Gasteiger partial charge in [-0.3, -0.25) is 9.59 Å². The van der Waals surface area contributed by atoms with E-state index in [1.54, 1.807) is 0 Å². The van der Waals surface area contributed by atoms with Crippen LogP contribution in [0, 0.1) is 6.92 Å². The molecule has 0 radical (unpaired) electrons. The molecule has 3 aromatic rings. The molecule has 0 unspecified atom stereocenters. The fraction of sp³-hybridized carbons (Fsp3) is 0.190. The molecule has 0 bridgehead atoms. The van der Waals surface area contributed by atoms with Gasteiger partial charge in [0.25, 0.3) is 5.91 Å². The average Bonchev–Trinajstić information content (AvgIpc) is 2.69. The number of hydrogen-bond acceptors (Lipinski definition) is 3. The van der Waals surface area contributed by atoms with Crippen LogP contribution >= 0.6 is 15.9 Å². The Kier molecular flexibility index (Phi) is 6.12. The number of carbonyl (C=O) groups is 1. The van der Waals surface area contributed by atoms with Crippen molar-refractivity contribution in [1.29, 1.82) is 0 Å². The van der Waals surface area contributed by atoms with E-state index in [1.165, 1.54) is 37.1 Å². The van der Waals surface area contributed by atoms with Crippen LogP contribution < -0.4 is 5.43 Å².